The maximum Gasteiger partial charge on any atom is 0.315 e. The second-order valence-electron chi connectivity index (χ2n) is 3.20. The Morgan fingerprint density at radius 2 is 2.00 bits per heavy atom. The topological polar surface area (TPSA) is 26.3 Å². The Hall–Kier alpha value is -1.31. The summed E-state index contributed by atoms with van der Waals surface area (Å²) in [5.41, 5.74) is 1.15. The molecule has 0 spiro atoms. The van der Waals surface area contributed by atoms with Gasteiger partial charge in [-0.05, 0) is 18.1 Å². The number of fused-ring (bicyclic) bond motifs is 3. The van der Waals surface area contributed by atoms with Crippen LogP contribution in [0.25, 0.3) is 0 Å². The van der Waals surface area contributed by atoms with Crippen molar-refractivity contribution in [1.29, 1.82) is 0 Å². The molecule has 2 unspecified atom stereocenters. The van der Waals surface area contributed by atoms with Gasteiger partial charge in [0.1, 0.15) is 5.75 Å². The highest BCUT2D eigenvalue weighted by Crippen LogP contribution is 2.53. The minimum Gasteiger partial charge on any atom is -0.426 e. The number of benzene rings is 1. The van der Waals surface area contributed by atoms with E-state index in [1.807, 2.05) is 30.7 Å². The van der Waals surface area contributed by atoms with E-state index >= 15 is 0 Å². The summed E-state index contributed by atoms with van der Waals surface area (Å²) in [4.78, 5) is 11.1. The van der Waals surface area contributed by atoms with Crippen molar-refractivity contribution in [2.45, 2.75) is 5.92 Å². The highest BCUT2D eigenvalue weighted by atomic mass is 16.5. The monoisotopic (exact) mass is 159 g/mol. The third kappa shape index (κ3) is 0.670. The fraction of sp³-hybridized carbons (Fsp3) is 0.200. The molecule has 1 aromatic rings. The van der Waals surface area contributed by atoms with E-state index in [0.29, 0.717) is 5.92 Å². The van der Waals surface area contributed by atoms with E-state index in [1.54, 1.807) is 0 Å². The van der Waals surface area contributed by atoms with Gasteiger partial charge in [0.15, 0.2) is 0 Å². The zero-order chi connectivity index (χ0) is 8.13. The second-order valence-corrected chi connectivity index (χ2v) is 3.20. The molecule has 2 nitrogen and oxygen atoms in total. The van der Waals surface area contributed by atoms with Crippen molar-refractivity contribution in [1.82, 2.24) is 0 Å². The summed E-state index contributed by atoms with van der Waals surface area (Å²) < 4.78 is 5.12. The lowest BCUT2D eigenvalue weighted by molar-refractivity contribution is -0.136. The summed E-state index contributed by atoms with van der Waals surface area (Å²) in [6.07, 6.45) is 2.02. The zero-order valence-corrected chi connectivity index (χ0v) is 6.36. The Morgan fingerprint density at radius 1 is 1.17 bits per heavy atom. The van der Waals surface area contributed by atoms with E-state index < -0.39 is 0 Å². The Balaban J connectivity index is 2.16. The van der Waals surface area contributed by atoms with Gasteiger partial charge in [0, 0.05) is 5.92 Å². The Morgan fingerprint density at radius 3 is 2.92 bits per heavy atom. The Kier molecular flexibility index (Phi) is 0.980. The van der Waals surface area contributed by atoms with Gasteiger partial charge in [-0.2, -0.15) is 0 Å². The first-order chi connectivity index (χ1) is 5.86. The Labute approximate surface area is 70.2 Å². The Bertz CT molecular complexity index is 357. The third-order valence-corrected chi connectivity index (χ3v) is 2.42. The van der Waals surface area contributed by atoms with E-state index in [0.717, 1.165) is 11.3 Å². The first-order valence-electron chi connectivity index (χ1n) is 4.02. The molecule has 3 rings (SSSR count). The number of para-hydroxylation sites is 1. The molecule has 1 heterocycles. The van der Waals surface area contributed by atoms with Gasteiger partial charge in [0.2, 0.25) is 0 Å². The molecule has 1 saturated carbocycles. The van der Waals surface area contributed by atoms with Crippen LogP contribution in [0.3, 0.4) is 0 Å². The van der Waals surface area contributed by atoms with Crippen molar-refractivity contribution in [3.63, 3.8) is 0 Å². The number of rotatable bonds is 0. The van der Waals surface area contributed by atoms with E-state index in [-0.39, 0.29) is 11.9 Å². The molecule has 0 saturated heterocycles. The van der Waals surface area contributed by atoms with Crippen molar-refractivity contribution in [3.05, 3.63) is 36.2 Å². The molecular weight excluding hydrogens is 152 g/mol. The van der Waals surface area contributed by atoms with Gasteiger partial charge >= 0.3 is 5.97 Å². The molecule has 1 fully saturated rings. The van der Waals surface area contributed by atoms with Crippen LogP contribution in [0.5, 0.6) is 5.75 Å². The number of carbonyl (C=O) groups excluding carboxylic acids is 1. The lowest BCUT2D eigenvalue weighted by atomic mass is 10.1. The minimum absolute atomic E-state index is 0.0416. The second kappa shape index (κ2) is 1.89. The van der Waals surface area contributed by atoms with Crippen LogP contribution < -0.4 is 4.74 Å². The SMILES string of the molecule is O=C1Oc2ccccc2C2[CH]C12. The average molecular weight is 159 g/mol. The van der Waals surface area contributed by atoms with E-state index in [1.165, 1.54) is 0 Å². The smallest absolute Gasteiger partial charge is 0.315 e. The van der Waals surface area contributed by atoms with Crippen LogP contribution in [0.15, 0.2) is 24.3 Å². The summed E-state index contributed by atoms with van der Waals surface area (Å²) >= 11 is 0. The average Bonchev–Trinajstić information content (AvgIpc) is 2.84. The van der Waals surface area contributed by atoms with Gasteiger partial charge < -0.3 is 4.74 Å². The summed E-state index contributed by atoms with van der Waals surface area (Å²) in [7, 11) is 0. The molecule has 1 aromatic carbocycles. The van der Waals surface area contributed by atoms with Crippen LogP contribution >= 0.6 is 0 Å². The van der Waals surface area contributed by atoms with Gasteiger partial charge in [-0.3, -0.25) is 4.79 Å². The molecule has 59 valence electrons. The number of hydrogen-bond donors (Lipinski definition) is 0. The first kappa shape index (κ1) is 6.23. The molecule has 2 atom stereocenters. The molecule has 12 heavy (non-hydrogen) atoms. The lowest BCUT2D eigenvalue weighted by Crippen LogP contribution is -2.16. The standard InChI is InChI=1S/C10H7O2/c11-10-8-5-7(8)6-3-1-2-4-9(6)12-10/h1-5,7-8H. The van der Waals surface area contributed by atoms with E-state index in [9.17, 15) is 4.79 Å². The van der Waals surface area contributed by atoms with Crippen LogP contribution in [0, 0.1) is 12.3 Å². The molecule has 1 aliphatic heterocycles. The fourth-order valence-electron chi connectivity index (χ4n) is 1.71. The summed E-state index contributed by atoms with van der Waals surface area (Å²) in [5.74, 6) is 1.01. The van der Waals surface area contributed by atoms with Gasteiger partial charge in [-0.25, -0.2) is 0 Å². The normalized spacial score (nSPS) is 30.2. The van der Waals surface area contributed by atoms with Gasteiger partial charge in [0.25, 0.3) is 0 Å². The number of hydrogen-bond acceptors (Lipinski definition) is 2. The predicted octanol–water partition coefficient (Wildman–Crippen LogP) is 1.52. The molecule has 0 amide bonds. The molecule has 2 aliphatic rings. The molecule has 1 aliphatic carbocycles. The largest absolute Gasteiger partial charge is 0.426 e. The van der Waals surface area contributed by atoms with Crippen LogP contribution in [0.4, 0.5) is 0 Å². The quantitative estimate of drug-likeness (QED) is 0.424. The highest BCUT2D eigenvalue weighted by Gasteiger charge is 2.50. The lowest BCUT2D eigenvalue weighted by Gasteiger charge is -2.13. The van der Waals surface area contributed by atoms with Crippen molar-refractivity contribution >= 4 is 5.97 Å². The molecule has 0 N–H and O–H groups in total. The number of esters is 1. The van der Waals surface area contributed by atoms with Gasteiger partial charge in [-0.15, -0.1) is 0 Å². The predicted molar refractivity (Wildman–Crippen MR) is 42.6 cm³/mol. The van der Waals surface area contributed by atoms with Crippen LogP contribution in [0.2, 0.25) is 0 Å². The minimum atomic E-state index is -0.0984. The van der Waals surface area contributed by atoms with E-state index in [4.69, 9.17) is 4.74 Å². The maximum absolute atomic E-state index is 11.1. The van der Waals surface area contributed by atoms with Crippen molar-refractivity contribution in [2.75, 3.05) is 0 Å². The van der Waals surface area contributed by atoms with Gasteiger partial charge in [0.05, 0.1) is 5.92 Å². The summed E-state index contributed by atoms with van der Waals surface area (Å²) in [6, 6.07) is 7.72. The molecule has 0 bridgehead atoms. The molecule has 2 heteroatoms. The third-order valence-electron chi connectivity index (χ3n) is 2.42. The van der Waals surface area contributed by atoms with E-state index in [2.05, 4.69) is 0 Å². The van der Waals surface area contributed by atoms with Crippen LogP contribution in [0.1, 0.15) is 11.5 Å². The van der Waals surface area contributed by atoms with Gasteiger partial charge in [-0.1, -0.05) is 18.2 Å². The number of carbonyl (C=O) groups is 1. The van der Waals surface area contributed by atoms with Crippen LogP contribution in [-0.2, 0) is 4.79 Å². The molecule has 0 aromatic heterocycles. The number of ether oxygens (including phenoxy) is 1. The van der Waals surface area contributed by atoms with Crippen molar-refractivity contribution in [2.24, 2.45) is 5.92 Å². The van der Waals surface area contributed by atoms with Crippen molar-refractivity contribution < 1.29 is 9.53 Å². The molecule has 1 radical (unpaired) electrons. The zero-order valence-electron chi connectivity index (χ0n) is 6.36. The molecular formula is C10H7O2. The highest BCUT2D eigenvalue weighted by molar-refractivity contribution is 5.86. The van der Waals surface area contributed by atoms with Crippen molar-refractivity contribution in [3.8, 4) is 5.75 Å². The summed E-state index contributed by atoms with van der Waals surface area (Å²) in [6.45, 7) is 0. The van der Waals surface area contributed by atoms with Crippen LogP contribution in [-0.4, -0.2) is 5.97 Å². The fourth-order valence-corrected chi connectivity index (χ4v) is 1.71. The summed E-state index contributed by atoms with van der Waals surface area (Å²) in [5, 5.41) is 0. The maximum atomic E-state index is 11.1. The first-order valence-corrected chi connectivity index (χ1v) is 4.02.